The van der Waals surface area contributed by atoms with E-state index in [1.165, 1.54) is 23.9 Å². The van der Waals surface area contributed by atoms with Crippen molar-refractivity contribution in [3.05, 3.63) is 76.6 Å². The summed E-state index contributed by atoms with van der Waals surface area (Å²) < 4.78 is 5.92. The molecule has 172 valence electrons. The van der Waals surface area contributed by atoms with E-state index in [4.69, 9.17) is 4.74 Å². The van der Waals surface area contributed by atoms with Gasteiger partial charge in [-0.15, -0.1) is 0 Å². The van der Waals surface area contributed by atoms with Crippen LogP contribution in [0.25, 0.3) is 11.0 Å². The molecule has 0 bridgehead atoms. The number of nitro benzene ring substituents is 1. The van der Waals surface area contributed by atoms with E-state index < -0.39 is 4.92 Å². The van der Waals surface area contributed by atoms with Crippen LogP contribution in [-0.4, -0.2) is 33.6 Å². The van der Waals surface area contributed by atoms with Gasteiger partial charge in [0.25, 0.3) is 5.69 Å². The molecule has 0 radical (unpaired) electrons. The SMILES string of the molecule is CC/C=C\C(=C/CC)Oc1ccc(N(C)C(=O)CSc2nc3ccc([N+](=O)[O-])cc3[nH]2)cc1. The first kappa shape index (κ1) is 24.1. The fourth-order valence-corrected chi connectivity index (χ4v) is 3.78. The molecule has 0 saturated heterocycles. The van der Waals surface area contributed by atoms with Gasteiger partial charge in [-0.25, -0.2) is 4.98 Å². The van der Waals surface area contributed by atoms with E-state index in [1.807, 2.05) is 42.5 Å². The number of allylic oxidation sites excluding steroid dienone is 3. The fraction of sp³-hybridized carbons (Fsp3) is 0.250. The van der Waals surface area contributed by atoms with Gasteiger partial charge in [-0.05, 0) is 55.3 Å². The third-order valence-electron chi connectivity index (χ3n) is 4.74. The molecule has 0 aliphatic rings. The summed E-state index contributed by atoms with van der Waals surface area (Å²) in [5, 5.41) is 11.5. The summed E-state index contributed by atoms with van der Waals surface area (Å²) in [6.45, 7) is 4.13. The summed E-state index contributed by atoms with van der Waals surface area (Å²) in [4.78, 5) is 32.1. The minimum absolute atomic E-state index is 0.00960. The van der Waals surface area contributed by atoms with Gasteiger partial charge in [0.2, 0.25) is 5.91 Å². The zero-order valence-electron chi connectivity index (χ0n) is 18.8. The average Bonchev–Trinajstić information content (AvgIpc) is 3.23. The number of nitrogens with zero attached hydrogens (tertiary/aromatic N) is 3. The summed E-state index contributed by atoms with van der Waals surface area (Å²) >= 11 is 1.25. The highest BCUT2D eigenvalue weighted by molar-refractivity contribution is 7.99. The number of carbonyl (C=O) groups excluding carboxylic acids is 1. The average molecular weight is 467 g/mol. The third-order valence-corrected chi connectivity index (χ3v) is 5.60. The zero-order valence-corrected chi connectivity index (χ0v) is 19.6. The predicted octanol–water partition coefficient (Wildman–Crippen LogP) is 5.87. The quantitative estimate of drug-likeness (QED) is 0.132. The number of H-pyrrole nitrogens is 1. The summed E-state index contributed by atoms with van der Waals surface area (Å²) in [6.07, 6.45) is 7.83. The summed E-state index contributed by atoms with van der Waals surface area (Å²) in [5.41, 5.74) is 1.92. The number of imidazole rings is 1. The lowest BCUT2D eigenvalue weighted by molar-refractivity contribution is -0.384. The molecule has 0 unspecified atom stereocenters. The number of non-ortho nitro benzene ring substituents is 1. The molecule has 0 spiro atoms. The first-order valence-electron chi connectivity index (χ1n) is 10.6. The number of ether oxygens (including phenoxy) is 1. The Morgan fingerprint density at radius 2 is 1.97 bits per heavy atom. The lowest BCUT2D eigenvalue weighted by atomic mass is 10.2. The van der Waals surface area contributed by atoms with Crippen molar-refractivity contribution < 1.29 is 14.5 Å². The summed E-state index contributed by atoms with van der Waals surface area (Å²) in [7, 11) is 1.72. The van der Waals surface area contributed by atoms with E-state index in [0.29, 0.717) is 21.9 Å². The predicted molar refractivity (Wildman–Crippen MR) is 132 cm³/mol. The van der Waals surface area contributed by atoms with E-state index in [0.717, 1.165) is 24.3 Å². The van der Waals surface area contributed by atoms with Gasteiger partial charge < -0.3 is 14.6 Å². The van der Waals surface area contributed by atoms with Crippen molar-refractivity contribution in [3.63, 3.8) is 0 Å². The van der Waals surface area contributed by atoms with Crippen molar-refractivity contribution in [1.29, 1.82) is 0 Å². The molecule has 1 amide bonds. The van der Waals surface area contributed by atoms with Crippen molar-refractivity contribution in [2.75, 3.05) is 17.7 Å². The molecule has 1 N–H and O–H groups in total. The molecule has 1 aromatic heterocycles. The van der Waals surface area contributed by atoms with Gasteiger partial charge in [-0.1, -0.05) is 31.7 Å². The Bertz CT molecular complexity index is 1180. The van der Waals surface area contributed by atoms with E-state index in [2.05, 4.69) is 23.8 Å². The van der Waals surface area contributed by atoms with Gasteiger partial charge >= 0.3 is 0 Å². The molecule has 0 fully saturated rings. The topological polar surface area (TPSA) is 101 Å². The molecule has 0 aliphatic heterocycles. The number of anilines is 1. The number of hydrogen-bond donors (Lipinski definition) is 1. The number of hydrogen-bond acceptors (Lipinski definition) is 6. The van der Waals surface area contributed by atoms with Gasteiger partial charge in [-0.3, -0.25) is 14.9 Å². The minimum atomic E-state index is -0.454. The molecule has 0 atom stereocenters. The first-order chi connectivity index (χ1) is 15.9. The highest BCUT2D eigenvalue weighted by atomic mass is 32.2. The maximum absolute atomic E-state index is 12.7. The second kappa shape index (κ2) is 11.3. The Labute approximate surface area is 196 Å². The standard InChI is InChI=1S/C24H26N4O4S/c1-4-6-8-19(7-5-2)32-20-12-9-17(10-13-20)27(3)23(29)16-33-24-25-21-14-11-18(28(30)31)15-22(21)26-24/h6-15H,4-5,16H2,1-3H3,(H,25,26)/b8-6-,19-7+. The second-order valence-corrected chi connectivity index (χ2v) is 8.13. The third kappa shape index (κ3) is 6.45. The van der Waals surface area contributed by atoms with Crippen LogP contribution < -0.4 is 9.64 Å². The van der Waals surface area contributed by atoms with Crippen LogP contribution in [0.15, 0.2) is 71.6 Å². The molecule has 3 rings (SSSR count). The zero-order chi connectivity index (χ0) is 23.8. The van der Waals surface area contributed by atoms with Crippen LogP contribution >= 0.6 is 11.8 Å². The van der Waals surface area contributed by atoms with Gasteiger partial charge in [0, 0.05) is 24.9 Å². The Balaban J connectivity index is 1.60. The number of nitro groups is 1. The molecule has 2 aromatic carbocycles. The van der Waals surface area contributed by atoms with Crippen LogP contribution in [0, 0.1) is 10.1 Å². The maximum atomic E-state index is 12.7. The lowest BCUT2D eigenvalue weighted by Crippen LogP contribution is -2.27. The van der Waals surface area contributed by atoms with Gasteiger partial charge in [0.15, 0.2) is 5.16 Å². The van der Waals surface area contributed by atoms with Crippen LogP contribution in [0.2, 0.25) is 0 Å². The number of aromatic amines is 1. The summed E-state index contributed by atoms with van der Waals surface area (Å²) in [6, 6.07) is 11.8. The fourth-order valence-electron chi connectivity index (χ4n) is 2.98. The number of rotatable bonds is 10. The molecule has 0 saturated carbocycles. The van der Waals surface area contributed by atoms with Crippen molar-refractivity contribution in [2.24, 2.45) is 0 Å². The molecule has 9 heteroatoms. The monoisotopic (exact) mass is 466 g/mol. The Morgan fingerprint density at radius 1 is 1.21 bits per heavy atom. The molecular weight excluding hydrogens is 440 g/mol. The van der Waals surface area contributed by atoms with Crippen LogP contribution in [-0.2, 0) is 4.79 Å². The first-order valence-corrected chi connectivity index (χ1v) is 11.6. The largest absolute Gasteiger partial charge is 0.458 e. The summed E-state index contributed by atoms with van der Waals surface area (Å²) in [5.74, 6) is 1.56. The smallest absolute Gasteiger partial charge is 0.271 e. The number of fused-ring (bicyclic) bond motifs is 1. The Morgan fingerprint density at radius 3 is 2.64 bits per heavy atom. The normalized spacial score (nSPS) is 11.8. The Hall–Kier alpha value is -3.59. The van der Waals surface area contributed by atoms with E-state index in [1.54, 1.807) is 18.0 Å². The highest BCUT2D eigenvalue weighted by Crippen LogP contribution is 2.25. The highest BCUT2D eigenvalue weighted by Gasteiger charge is 2.14. The molecule has 8 nitrogen and oxygen atoms in total. The van der Waals surface area contributed by atoms with Gasteiger partial charge in [0.05, 0.1) is 21.7 Å². The van der Waals surface area contributed by atoms with Crippen LogP contribution in [0.4, 0.5) is 11.4 Å². The van der Waals surface area contributed by atoms with E-state index in [9.17, 15) is 14.9 Å². The number of nitrogens with one attached hydrogen (secondary N) is 1. The second-order valence-electron chi connectivity index (χ2n) is 7.16. The van der Waals surface area contributed by atoms with E-state index >= 15 is 0 Å². The number of aromatic nitrogens is 2. The van der Waals surface area contributed by atoms with Crippen molar-refractivity contribution in [1.82, 2.24) is 9.97 Å². The van der Waals surface area contributed by atoms with Crippen LogP contribution in [0.1, 0.15) is 26.7 Å². The van der Waals surface area contributed by atoms with Gasteiger partial charge in [-0.2, -0.15) is 0 Å². The van der Waals surface area contributed by atoms with Crippen molar-refractivity contribution in [2.45, 2.75) is 31.8 Å². The lowest BCUT2D eigenvalue weighted by Gasteiger charge is -2.17. The van der Waals surface area contributed by atoms with Gasteiger partial charge in [0.1, 0.15) is 11.5 Å². The molecule has 1 heterocycles. The Kier molecular flexibility index (Phi) is 8.26. The van der Waals surface area contributed by atoms with Crippen molar-refractivity contribution >= 4 is 40.1 Å². The maximum Gasteiger partial charge on any atom is 0.271 e. The molecule has 3 aromatic rings. The van der Waals surface area contributed by atoms with Crippen molar-refractivity contribution in [3.8, 4) is 5.75 Å². The minimum Gasteiger partial charge on any atom is -0.458 e. The molecule has 33 heavy (non-hydrogen) atoms. The number of benzene rings is 2. The molecule has 0 aliphatic carbocycles. The molecular formula is C24H26N4O4S. The number of thioether (sulfide) groups is 1. The van der Waals surface area contributed by atoms with E-state index in [-0.39, 0.29) is 17.3 Å². The number of amides is 1. The number of carbonyl (C=O) groups is 1. The van der Waals surface area contributed by atoms with Crippen LogP contribution in [0.3, 0.4) is 0 Å². The van der Waals surface area contributed by atoms with Crippen LogP contribution in [0.5, 0.6) is 5.75 Å².